The van der Waals surface area contributed by atoms with E-state index in [1.54, 1.807) is 7.11 Å². The van der Waals surface area contributed by atoms with Gasteiger partial charge in [0.15, 0.2) is 6.10 Å². The molecule has 166 valence electrons. The van der Waals surface area contributed by atoms with Crippen molar-refractivity contribution >= 4 is 5.91 Å². The van der Waals surface area contributed by atoms with Crippen molar-refractivity contribution in [1.29, 1.82) is 0 Å². The maximum atomic E-state index is 13.2. The number of hydrogen-bond acceptors (Lipinski definition) is 4. The Labute approximate surface area is 185 Å². The fourth-order valence-electron chi connectivity index (χ4n) is 4.62. The molecule has 2 atom stereocenters. The number of amides is 1. The lowest BCUT2D eigenvalue weighted by Crippen LogP contribution is -2.45. The van der Waals surface area contributed by atoms with Gasteiger partial charge < -0.3 is 19.5 Å². The zero-order valence-corrected chi connectivity index (χ0v) is 19.0. The van der Waals surface area contributed by atoms with Crippen LogP contribution in [0.5, 0.6) is 17.2 Å². The van der Waals surface area contributed by atoms with Gasteiger partial charge in [0.1, 0.15) is 22.8 Å². The molecular formula is C26H33NO4. The van der Waals surface area contributed by atoms with Gasteiger partial charge in [-0.05, 0) is 87.4 Å². The van der Waals surface area contributed by atoms with Crippen LogP contribution in [0.15, 0.2) is 36.4 Å². The number of methoxy groups -OCH3 is 1. The molecular weight excluding hydrogens is 390 g/mol. The van der Waals surface area contributed by atoms with E-state index in [2.05, 4.69) is 17.4 Å². The van der Waals surface area contributed by atoms with Gasteiger partial charge in [-0.3, -0.25) is 4.79 Å². The summed E-state index contributed by atoms with van der Waals surface area (Å²) in [5.74, 6) is 2.21. The standard InChI is InChI=1S/C26H33NO4/c1-5-23(30-20-11-10-17-8-6-7-9-18(17)14-20)25(28)27-22-16-26(2,3)31-24-13-12-19(29-4)15-21(22)24/h10-15,22-23H,5-9,16H2,1-4H3,(H,27,28)/t22-,23+/m1/s1. The topological polar surface area (TPSA) is 56.8 Å². The summed E-state index contributed by atoms with van der Waals surface area (Å²) in [4.78, 5) is 13.2. The normalized spacial score (nSPS) is 19.9. The minimum absolute atomic E-state index is 0.100. The highest BCUT2D eigenvalue weighted by molar-refractivity contribution is 5.81. The number of rotatable bonds is 6. The quantitative estimate of drug-likeness (QED) is 0.698. The molecule has 1 aliphatic heterocycles. The number of hydrogen-bond donors (Lipinski definition) is 1. The van der Waals surface area contributed by atoms with Crippen molar-refractivity contribution in [2.24, 2.45) is 0 Å². The van der Waals surface area contributed by atoms with Gasteiger partial charge in [-0.2, -0.15) is 0 Å². The van der Waals surface area contributed by atoms with Gasteiger partial charge in [-0.1, -0.05) is 13.0 Å². The predicted molar refractivity (Wildman–Crippen MR) is 121 cm³/mol. The summed E-state index contributed by atoms with van der Waals surface area (Å²) in [5.41, 5.74) is 3.33. The summed E-state index contributed by atoms with van der Waals surface area (Å²) in [6, 6.07) is 11.8. The van der Waals surface area contributed by atoms with Gasteiger partial charge in [-0.15, -0.1) is 0 Å². The Morgan fingerprint density at radius 2 is 1.87 bits per heavy atom. The highest BCUT2D eigenvalue weighted by Crippen LogP contribution is 2.41. The van der Waals surface area contributed by atoms with Crippen molar-refractivity contribution in [2.75, 3.05) is 7.11 Å². The van der Waals surface area contributed by atoms with E-state index in [4.69, 9.17) is 14.2 Å². The minimum Gasteiger partial charge on any atom is -0.497 e. The second-order valence-electron chi connectivity index (χ2n) is 9.18. The maximum absolute atomic E-state index is 13.2. The van der Waals surface area contributed by atoms with E-state index in [-0.39, 0.29) is 17.6 Å². The largest absolute Gasteiger partial charge is 0.497 e. The Morgan fingerprint density at radius 3 is 2.61 bits per heavy atom. The first-order valence-corrected chi connectivity index (χ1v) is 11.3. The second kappa shape index (κ2) is 8.81. The molecule has 4 rings (SSSR count). The number of carbonyl (C=O) groups is 1. The van der Waals surface area contributed by atoms with Gasteiger partial charge in [-0.25, -0.2) is 0 Å². The van der Waals surface area contributed by atoms with Gasteiger partial charge in [0.05, 0.1) is 13.2 Å². The lowest BCUT2D eigenvalue weighted by molar-refractivity contribution is -0.129. The van der Waals surface area contributed by atoms with E-state index >= 15 is 0 Å². The molecule has 0 unspecified atom stereocenters. The fraction of sp³-hybridized carbons (Fsp3) is 0.500. The van der Waals surface area contributed by atoms with Crippen LogP contribution in [0, 0.1) is 0 Å². The van der Waals surface area contributed by atoms with Crippen LogP contribution in [0.4, 0.5) is 0 Å². The first-order valence-electron chi connectivity index (χ1n) is 11.3. The summed E-state index contributed by atoms with van der Waals surface area (Å²) >= 11 is 0. The van der Waals surface area contributed by atoms with Gasteiger partial charge in [0.25, 0.3) is 5.91 Å². The van der Waals surface area contributed by atoms with Crippen LogP contribution in [0.25, 0.3) is 0 Å². The van der Waals surface area contributed by atoms with Crippen molar-refractivity contribution in [3.05, 3.63) is 53.1 Å². The van der Waals surface area contributed by atoms with Gasteiger partial charge in [0, 0.05) is 12.0 Å². The number of aryl methyl sites for hydroxylation is 2. The van der Waals surface area contributed by atoms with Crippen molar-refractivity contribution in [3.8, 4) is 17.2 Å². The fourth-order valence-corrected chi connectivity index (χ4v) is 4.62. The summed E-state index contributed by atoms with van der Waals surface area (Å²) in [6.07, 6.45) is 5.43. The molecule has 5 heteroatoms. The lowest BCUT2D eigenvalue weighted by atomic mass is 9.89. The molecule has 1 aliphatic carbocycles. The minimum atomic E-state index is -0.540. The molecule has 0 bridgehead atoms. The van der Waals surface area contributed by atoms with Crippen molar-refractivity contribution < 1.29 is 19.0 Å². The van der Waals surface area contributed by atoms with Crippen molar-refractivity contribution in [2.45, 2.75) is 77.0 Å². The van der Waals surface area contributed by atoms with Crippen LogP contribution in [0.3, 0.4) is 0 Å². The summed E-state index contributed by atoms with van der Waals surface area (Å²) in [7, 11) is 1.64. The van der Waals surface area contributed by atoms with Crippen LogP contribution in [0.1, 0.15) is 69.2 Å². The van der Waals surface area contributed by atoms with Crippen molar-refractivity contribution in [1.82, 2.24) is 5.32 Å². The molecule has 1 N–H and O–H groups in total. The van der Waals surface area contributed by atoms with Crippen LogP contribution in [-0.2, 0) is 17.6 Å². The number of nitrogens with one attached hydrogen (secondary N) is 1. The maximum Gasteiger partial charge on any atom is 0.261 e. The number of carbonyl (C=O) groups excluding carboxylic acids is 1. The summed E-state index contributed by atoms with van der Waals surface area (Å²) < 4.78 is 17.7. The van der Waals surface area contributed by atoms with Crippen LogP contribution < -0.4 is 19.5 Å². The van der Waals surface area contributed by atoms with E-state index in [1.165, 1.54) is 24.0 Å². The molecule has 2 aromatic rings. The molecule has 0 saturated carbocycles. The molecule has 0 saturated heterocycles. The third-order valence-corrected chi connectivity index (χ3v) is 6.25. The molecule has 0 spiro atoms. The molecule has 0 radical (unpaired) electrons. The monoisotopic (exact) mass is 423 g/mol. The molecule has 2 aromatic carbocycles. The second-order valence-corrected chi connectivity index (χ2v) is 9.18. The van der Waals surface area contributed by atoms with Gasteiger partial charge >= 0.3 is 0 Å². The Balaban J connectivity index is 1.51. The van der Waals surface area contributed by atoms with Crippen LogP contribution in [0.2, 0.25) is 0 Å². The van der Waals surface area contributed by atoms with Crippen LogP contribution >= 0.6 is 0 Å². The Hall–Kier alpha value is -2.69. The number of fused-ring (bicyclic) bond motifs is 2. The molecule has 0 fully saturated rings. The zero-order chi connectivity index (χ0) is 22.0. The van der Waals surface area contributed by atoms with Crippen LogP contribution in [-0.4, -0.2) is 24.7 Å². The van der Waals surface area contributed by atoms with E-state index in [0.717, 1.165) is 35.7 Å². The summed E-state index contributed by atoms with van der Waals surface area (Å²) in [5, 5.41) is 3.22. The van der Waals surface area contributed by atoms with E-state index < -0.39 is 6.10 Å². The predicted octanol–water partition coefficient (Wildman–Crippen LogP) is 5.15. The Morgan fingerprint density at radius 1 is 1.13 bits per heavy atom. The smallest absolute Gasteiger partial charge is 0.261 e. The number of benzene rings is 2. The number of ether oxygens (including phenoxy) is 3. The molecule has 2 aliphatic rings. The zero-order valence-electron chi connectivity index (χ0n) is 19.0. The molecule has 1 amide bonds. The summed E-state index contributed by atoms with van der Waals surface area (Å²) in [6.45, 7) is 6.06. The molecule has 5 nitrogen and oxygen atoms in total. The van der Waals surface area contributed by atoms with Gasteiger partial charge in [0.2, 0.25) is 0 Å². The lowest BCUT2D eigenvalue weighted by Gasteiger charge is -2.38. The third kappa shape index (κ3) is 4.81. The Bertz CT molecular complexity index is 952. The average molecular weight is 424 g/mol. The first kappa shape index (κ1) is 21.5. The van der Waals surface area contributed by atoms with E-state index in [0.29, 0.717) is 12.8 Å². The highest BCUT2D eigenvalue weighted by atomic mass is 16.5. The first-order chi connectivity index (χ1) is 14.9. The Kier molecular flexibility index (Phi) is 6.12. The van der Waals surface area contributed by atoms with E-state index in [9.17, 15) is 4.79 Å². The van der Waals surface area contributed by atoms with E-state index in [1.807, 2.05) is 45.0 Å². The van der Waals surface area contributed by atoms with Crippen molar-refractivity contribution in [3.63, 3.8) is 0 Å². The highest BCUT2D eigenvalue weighted by Gasteiger charge is 2.36. The average Bonchev–Trinajstić information content (AvgIpc) is 2.76. The SMILES string of the molecule is CC[C@H](Oc1ccc2c(c1)CCCC2)C(=O)N[C@@H]1CC(C)(C)Oc2ccc(OC)cc21. The third-order valence-electron chi connectivity index (χ3n) is 6.25. The molecule has 0 aromatic heterocycles. The molecule has 1 heterocycles. The molecule has 31 heavy (non-hydrogen) atoms.